The van der Waals surface area contributed by atoms with Crippen LogP contribution in [0.1, 0.15) is 155 Å². The molecule has 362 valence electrons. The maximum absolute atomic E-state index is 13.6. The van der Waals surface area contributed by atoms with E-state index < -0.39 is 59.6 Å². The molecule has 1 aromatic carbocycles. The number of Topliss-reactive ketones (excluding diaryl/α,β-unsaturated/α-hetero) is 2. The Bertz CT molecular complexity index is 1630. The number of ketones is 2. The Hall–Kier alpha value is -2.52. The van der Waals surface area contributed by atoms with Crippen LogP contribution in [0.25, 0.3) is 5.73 Å². The van der Waals surface area contributed by atoms with Gasteiger partial charge in [-0.1, -0.05) is 111 Å². The maximum atomic E-state index is 13.6. The Morgan fingerprint density at radius 3 is 1.88 bits per heavy atom. The summed E-state index contributed by atoms with van der Waals surface area (Å²) in [6.45, 7) is 0.224. The maximum Gasteiger partial charge on any atom is 1.00 e. The van der Waals surface area contributed by atoms with Gasteiger partial charge in [0.25, 0.3) is 0 Å². The Kier molecular flexibility index (Phi) is 34.0. The molecule has 0 radical (unpaired) electrons. The van der Waals surface area contributed by atoms with E-state index in [9.17, 15) is 48.6 Å². The molecule has 0 aliphatic carbocycles. The van der Waals surface area contributed by atoms with Gasteiger partial charge in [0, 0.05) is 57.7 Å². The van der Waals surface area contributed by atoms with Gasteiger partial charge in [-0.25, -0.2) is 4.79 Å². The van der Waals surface area contributed by atoms with E-state index in [0.717, 1.165) is 51.4 Å². The van der Waals surface area contributed by atoms with E-state index in [1.54, 1.807) is 12.1 Å². The van der Waals surface area contributed by atoms with Gasteiger partial charge in [0.2, 0.25) is 23.6 Å². The van der Waals surface area contributed by atoms with E-state index in [1.165, 1.54) is 65.8 Å². The number of hydrogen-bond acceptors (Lipinski definition) is 11. The number of phenols is 1. The van der Waals surface area contributed by atoms with Crippen molar-refractivity contribution in [1.82, 2.24) is 16.0 Å². The predicted molar refractivity (Wildman–Crippen MR) is 251 cm³/mol. The van der Waals surface area contributed by atoms with E-state index in [4.69, 9.17) is 16.6 Å². The van der Waals surface area contributed by atoms with Crippen LogP contribution in [0.2, 0.25) is 0 Å². The molecular weight excluding hydrogens is 902 g/mol. The van der Waals surface area contributed by atoms with Crippen LogP contribution in [0, 0.1) is 11.8 Å². The summed E-state index contributed by atoms with van der Waals surface area (Å²) in [5.41, 5.74) is 14.6. The number of hydrogen-bond donors (Lipinski definition) is 7. The Balaban J connectivity index is 0.0000211. The van der Waals surface area contributed by atoms with Gasteiger partial charge >= 0.3 is 63.3 Å². The molecule has 5 atom stereocenters. The zero-order chi connectivity index (χ0) is 47.1. The second-order valence-corrected chi connectivity index (χ2v) is 19.4. The first kappa shape index (κ1) is 60.5. The number of aromatic hydroxyl groups is 1. The average Bonchev–Trinajstić information content (AvgIpc) is 3.27. The molecule has 1 unspecified atom stereocenters. The number of amides is 4. The second-order valence-electron chi connectivity index (χ2n) is 16.9. The van der Waals surface area contributed by atoms with E-state index >= 15 is 0 Å². The first-order valence-electron chi connectivity index (χ1n) is 23.0. The molecule has 1 heterocycles. The molecule has 16 nitrogen and oxygen atoms in total. The van der Waals surface area contributed by atoms with Crippen molar-refractivity contribution in [2.45, 2.75) is 172 Å². The number of carboxylic acids is 2. The third-order valence-electron chi connectivity index (χ3n) is 11.4. The Labute approximate surface area is 436 Å². The Morgan fingerprint density at radius 1 is 0.769 bits per heavy atom. The first-order chi connectivity index (χ1) is 30.7. The molecule has 1 saturated heterocycles. The molecule has 1 aromatic rings. The molecular formula is C46H74KN5O11S2. The summed E-state index contributed by atoms with van der Waals surface area (Å²) in [5, 5.41) is 35.9. The van der Waals surface area contributed by atoms with Crippen molar-refractivity contribution in [3.63, 3.8) is 0 Å². The number of carbonyl (C=O) groups is 8. The molecule has 0 spiro atoms. The van der Waals surface area contributed by atoms with E-state index in [1.807, 2.05) is 0 Å². The van der Waals surface area contributed by atoms with Crippen molar-refractivity contribution >= 4 is 68.7 Å². The molecule has 65 heavy (non-hydrogen) atoms. The van der Waals surface area contributed by atoms with Crippen molar-refractivity contribution < 1.29 is 106 Å². The van der Waals surface area contributed by atoms with Crippen LogP contribution in [-0.2, 0) is 44.8 Å². The van der Waals surface area contributed by atoms with Gasteiger partial charge < -0.3 is 42.7 Å². The molecule has 1 aliphatic rings. The summed E-state index contributed by atoms with van der Waals surface area (Å²) in [5.74, 6) is -5.76. The van der Waals surface area contributed by atoms with E-state index in [2.05, 4.69) is 16.0 Å². The number of nitrogens with two attached hydrogens (primary N) is 1. The number of unbranched alkanes of at least 4 members (excludes halogenated alkanes) is 14. The van der Waals surface area contributed by atoms with Gasteiger partial charge in [-0.2, -0.15) is 0 Å². The van der Waals surface area contributed by atoms with Crippen molar-refractivity contribution in [2.75, 3.05) is 18.1 Å². The number of benzene rings is 1. The molecule has 4 amide bonds. The predicted octanol–water partition coefficient (Wildman–Crippen LogP) is 4.08. The number of rotatable bonds is 33. The fourth-order valence-corrected chi connectivity index (χ4v) is 9.86. The minimum atomic E-state index is -1.22. The van der Waals surface area contributed by atoms with Crippen LogP contribution in [0.15, 0.2) is 24.3 Å². The molecule has 9 N–H and O–H groups in total. The summed E-state index contributed by atoms with van der Waals surface area (Å²) in [4.78, 5) is 99.6. The minimum absolute atomic E-state index is 0. The molecule has 19 heteroatoms. The number of carboxylic acid groups (broad SMARTS) is 2. The van der Waals surface area contributed by atoms with Crippen molar-refractivity contribution in [2.24, 2.45) is 17.6 Å². The Morgan fingerprint density at radius 2 is 1.32 bits per heavy atom. The SMILES string of the molecule is [HH].[K+].[NH-][C@H]1CSSC[C@@H](C(=O)C[C@@H](Cc2ccc(O)cc2)C(N)=O)CC(=O)[C@H](CCCCNC(=O)CCC(NC(=O)CCCCCCCCCCCCCCCCC(=O)O)C(=O)O)NC1=O. The number of phenolic OH excluding ortho intramolecular Hbond substituents is 1. The van der Waals surface area contributed by atoms with Gasteiger partial charge in [0.05, 0.1) is 6.04 Å². The summed E-state index contributed by atoms with van der Waals surface area (Å²) in [6.07, 6.45) is 15.9. The van der Waals surface area contributed by atoms with E-state index in [0.29, 0.717) is 24.8 Å². The summed E-state index contributed by atoms with van der Waals surface area (Å²) >= 11 is 0. The van der Waals surface area contributed by atoms with Gasteiger partial charge in [-0.3, -0.25) is 33.6 Å². The number of primary amides is 1. The largest absolute Gasteiger partial charge is 1.00 e. The normalized spacial score (nSPS) is 17.6. The van der Waals surface area contributed by atoms with Crippen molar-refractivity contribution in [1.29, 1.82) is 0 Å². The van der Waals surface area contributed by atoms with Gasteiger partial charge in [-0.05, 0) is 74.4 Å². The molecule has 1 fully saturated rings. The van der Waals surface area contributed by atoms with Crippen molar-refractivity contribution in [3.8, 4) is 5.75 Å². The van der Waals surface area contributed by atoms with Gasteiger partial charge in [0.15, 0.2) is 5.78 Å². The minimum Gasteiger partial charge on any atom is -0.666 e. The van der Waals surface area contributed by atoms with Crippen LogP contribution in [0.5, 0.6) is 5.75 Å². The molecule has 1 aliphatic heterocycles. The number of nitrogens with one attached hydrogen (secondary N) is 4. The van der Waals surface area contributed by atoms with Crippen LogP contribution in [-0.4, -0.2) is 98.6 Å². The summed E-state index contributed by atoms with van der Waals surface area (Å²) in [6, 6.07) is 2.95. The number of aliphatic carboxylic acids is 2. The molecule has 0 bridgehead atoms. The molecule has 2 rings (SSSR count). The third-order valence-corrected chi connectivity index (χ3v) is 13.9. The summed E-state index contributed by atoms with van der Waals surface area (Å²) < 4.78 is 0. The topological polar surface area (TPSA) is 283 Å². The fraction of sp³-hybridized carbons (Fsp3) is 0.696. The van der Waals surface area contributed by atoms with Crippen LogP contribution >= 0.6 is 21.6 Å². The van der Waals surface area contributed by atoms with E-state index in [-0.39, 0.29) is 145 Å². The standard InChI is InChI=1S/C46H72N5O11S2.K.H2/c47-36-31-64-63-30-34(39(53)28-33(44(48)59)27-32-20-22-35(52)23-21-32)29-40(54)37(51-45(36)60)17-15-16-26-49-41(55)25-24-38(46(61)62)50-42(56)18-13-11-9-7-5-3-1-2-4-6-8-10-12-14-19-43(57)58;;/h20-23,33-34,36-38,47,52H,1-19,24-31H2,(H2,48,59)(H,49,55)(H,50,56)(H,51,60)(H,57,58)(H,61,62);;1H/q-1;+1;/t33-,34+,36+,37+,38?;;/m1../s1. The molecule has 0 aromatic heterocycles. The van der Waals surface area contributed by atoms with Crippen LogP contribution < -0.4 is 73.1 Å². The van der Waals surface area contributed by atoms with Gasteiger partial charge in [-0.15, -0.1) is 0 Å². The summed E-state index contributed by atoms with van der Waals surface area (Å²) in [7, 11) is 2.55. The van der Waals surface area contributed by atoms with Crippen LogP contribution in [0.4, 0.5) is 0 Å². The zero-order valence-corrected chi connectivity index (χ0v) is 43.0. The third kappa shape index (κ3) is 29.1. The van der Waals surface area contributed by atoms with Crippen LogP contribution in [0.3, 0.4) is 0 Å². The zero-order valence-electron chi connectivity index (χ0n) is 38.3. The number of carbonyl (C=O) groups excluding carboxylic acids is 6. The smallest absolute Gasteiger partial charge is 0.666 e. The fourth-order valence-electron chi connectivity index (χ4n) is 7.43. The van der Waals surface area contributed by atoms with Gasteiger partial charge in [0.1, 0.15) is 17.6 Å². The monoisotopic (exact) mass is 975 g/mol. The average molecular weight is 976 g/mol. The molecule has 0 saturated carbocycles. The second kappa shape index (κ2) is 36.5. The first-order valence-corrected chi connectivity index (χ1v) is 25.5. The van der Waals surface area contributed by atoms with Crippen molar-refractivity contribution in [3.05, 3.63) is 35.6 Å². The quantitative estimate of drug-likeness (QED) is 0.0297.